The first-order valence-corrected chi connectivity index (χ1v) is 9.05. The molecule has 0 N–H and O–H groups in total. The van der Waals surface area contributed by atoms with Gasteiger partial charge in [-0.2, -0.15) is 4.98 Å². The molecule has 0 unspecified atom stereocenters. The van der Waals surface area contributed by atoms with Crippen molar-refractivity contribution in [1.82, 2.24) is 15.0 Å². The Morgan fingerprint density at radius 2 is 2.11 bits per heavy atom. The Labute approximate surface area is 158 Å². The highest BCUT2D eigenvalue weighted by Gasteiger charge is 2.24. The van der Waals surface area contributed by atoms with Crippen LogP contribution in [0.3, 0.4) is 0 Å². The molecule has 0 radical (unpaired) electrons. The van der Waals surface area contributed by atoms with Gasteiger partial charge in [-0.15, -0.1) is 0 Å². The Hall–Kier alpha value is -2.45. The molecule has 146 valence electrons. The molecule has 0 spiro atoms. The van der Waals surface area contributed by atoms with Gasteiger partial charge in [0.25, 0.3) is 11.8 Å². The highest BCUT2D eigenvalue weighted by molar-refractivity contribution is 5.94. The number of benzene rings is 1. The molecule has 1 aliphatic heterocycles. The predicted molar refractivity (Wildman–Crippen MR) is 96.6 cm³/mol. The van der Waals surface area contributed by atoms with Gasteiger partial charge in [-0.05, 0) is 31.0 Å². The van der Waals surface area contributed by atoms with Crippen LogP contribution in [0.5, 0.6) is 5.75 Å². The third-order valence-corrected chi connectivity index (χ3v) is 4.50. The molecule has 1 saturated heterocycles. The van der Waals surface area contributed by atoms with Crippen LogP contribution in [0.4, 0.5) is 0 Å². The van der Waals surface area contributed by atoms with Gasteiger partial charge in [0.1, 0.15) is 12.4 Å². The molecule has 0 saturated carbocycles. The molecule has 3 rings (SSSR count). The molecule has 2 heterocycles. The third kappa shape index (κ3) is 5.27. The maximum Gasteiger partial charge on any atom is 0.253 e. The molecule has 1 aromatic heterocycles. The van der Waals surface area contributed by atoms with Crippen LogP contribution < -0.4 is 4.74 Å². The molecule has 2 aromatic rings. The number of carbonyl (C=O) groups is 1. The number of likely N-dealkylation sites (tertiary alicyclic amines) is 1. The summed E-state index contributed by atoms with van der Waals surface area (Å²) < 4.78 is 21.1. The summed E-state index contributed by atoms with van der Waals surface area (Å²) in [4.78, 5) is 18.7. The summed E-state index contributed by atoms with van der Waals surface area (Å²) in [6, 6.07) is 7.25. The number of carbonyl (C=O) groups excluding carboxylic acids is 1. The first-order chi connectivity index (χ1) is 13.2. The summed E-state index contributed by atoms with van der Waals surface area (Å²) in [5.41, 5.74) is 0.651. The van der Waals surface area contributed by atoms with E-state index in [0.717, 1.165) is 12.8 Å². The van der Waals surface area contributed by atoms with E-state index in [9.17, 15) is 4.79 Å². The molecule has 1 aliphatic rings. The van der Waals surface area contributed by atoms with Crippen LogP contribution in [0, 0.1) is 0 Å². The summed E-state index contributed by atoms with van der Waals surface area (Å²) in [6.07, 6.45) is 2.37. The second kappa shape index (κ2) is 9.48. The average molecular weight is 375 g/mol. The third-order valence-electron chi connectivity index (χ3n) is 4.50. The molecule has 1 fully saturated rings. The van der Waals surface area contributed by atoms with Crippen LogP contribution in [-0.4, -0.2) is 61.0 Å². The van der Waals surface area contributed by atoms with Gasteiger partial charge in [-0.1, -0.05) is 11.2 Å². The topological polar surface area (TPSA) is 86.9 Å². The van der Waals surface area contributed by atoms with E-state index in [1.807, 2.05) is 23.1 Å². The number of hydrogen-bond acceptors (Lipinski definition) is 7. The Morgan fingerprint density at radius 1 is 1.30 bits per heavy atom. The highest BCUT2D eigenvalue weighted by Crippen LogP contribution is 2.19. The highest BCUT2D eigenvalue weighted by atomic mass is 16.5. The van der Waals surface area contributed by atoms with E-state index in [2.05, 4.69) is 10.1 Å². The van der Waals surface area contributed by atoms with Crippen LogP contribution in [0.15, 0.2) is 28.8 Å². The first kappa shape index (κ1) is 19.3. The smallest absolute Gasteiger partial charge is 0.253 e. The number of methoxy groups -OCH3 is 2. The Bertz CT molecular complexity index is 740. The SMILES string of the molecule is COCc1nc(CCOC2CCN(C(=O)c3cccc(OC)c3)CC2)no1. The summed E-state index contributed by atoms with van der Waals surface area (Å²) in [5.74, 6) is 1.81. The van der Waals surface area contributed by atoms with Crippen molar-refractivity contribution >= 4 is 5.91 Å². The fourth-order valence-corrected chi connectivity index (χ4v) is 3.05. The largest absolute Gasteiger partial charge is 0.497 e. The van der Waals surface area contributed by atoms with Crippen LogP contribution in [0.1, 0.15) is 34.9 Å². The summed E-state index contributed by atoms with van der Waals surface area (Å²) in [7, 11) is 3.18. The van der Waals surface area contributed by atoms with E-state index in [1.54, 1.807) is 20.3 Å². The van der Waals surface area contributed by atoms with Crippen molar-refractivity contribution in [1.29, 1.82) is 0 Å². The molecular formula is C19H25N3O5. The molecule has 1 amide bonds. The second-order valence-corrected chi connectivity index (χ2v) is 6.38. The molecule has 0 aliphatic carbocycles. The molecule has 1 aromatic carbocycles. The van der Waals surface area contributed by atoms with Crippen LogP contribution >= 0.6 is 0 Å². The van der Waals surface area contributed by atoms with Crippen molar-refractivity contribution in [3.8, 4) is 5.75 Å². The molecule has 0 atom stereocenters. The number of aromatic nitrogens is 2. The van der Waals surface area contributed by atoms with Gasteiger partial charge in [0.15, 0.2) is 5.82 Å². The van der Waals surface area contributed by atoms with Gasteiger partial charge < -0.3 is 23.6 Å². The van der Waals surface area contributed by atoms with Gasteiger partial charge in [0, 0.05) is 32.2 Å². The minimum Gasteiger partial charge on any atom is -0.497 e. The van der Waals surface area contributed by atoms with Crippen molar-refractivity contribution in [2.75, 3.05) is 33.9 Å². The number of ether oxygens (including phenoxy) is 3. The maximum absolute atomic E-state index is 12.6. The number of hydrogen-bond donors (Lipinski definition) is 0. The summed E-state index contributed by atoms with van der Waals surface area (Å²) in [5, 5.41) is 3.89. The van der Waals surface area contributed by atoms with E-state index in [4.69, 9.17) is 18.7 Å². The van der Waals surface area contributed by atoms with Gasteiger partial charge in [0.2, 0.25) is 0 Å². The van der Waals surface area contributed by atoms with E-state index in [0.29, 0.717) is 55.8 Å². The van der Waals surface area contributed by atoms with Crippen molar-refractivity contribution < 1.29 is 23.5 Å². The lowest BCUT2D eigenvalue weighted by molar-refractivity contribution is 0.00946. The predicted octanol–water partition coefficient (Wildman–Crippen LogP) is 2.09. The first-order valence-electron chi connectivity index (χ1n) is 9.05. The van der Waals surface area contributed by atoms with Crippen LogP contribution in [0.25, 0.3) is 0 Å². The van der Waals surface area contributed by atoms with Crippen LogP contribution in [0.2, 0.25) is 0 Å². The molecular weight excluding hydrogens is 350 g/mol. The average Bonchev–Trinajstić information content (AvgIpc) is 3.16. The number of nitrogens with zero attached hydrogens (tertiary/aromatic N) is 3. The van der Waals surface area contributed by atoms with Gasteiger partial charge in [-0.25, -0.2) is 0 Å². The standard InChI is InChI=1S/C19H25N3O5/c1-24-13-18-20-17(21-27-18)8-11-26-15-6-9-22(10-7-15)19(23)14-4-3-5-16(12-14)25-2/h3-5,12,15H,6-11,13H2,1-2H3. The Balaban J connectivity index is 1.41. The monoisotopic (exact) mass is 375 g/mol. The summed E-state index contributed by atoms with van der Waals surface area (Å²) in [6.45, 7) is 2.20. The zero-order valence-electron chi connectivity index (χ0n) is 15.7. The maximum atomic E-state index is 12.6. The number of amides is 1. The number of piperidine rings is 1. The van der Waals surface area contributed by atoms with Crippen molar-refractivity contribution in [2.45, 2.75) is 32.0 Å². The van der Waals surface area contributed by atoms with Gasteiger partial charge in [-0.3, -0.25) is 4.79 Å². The van der Waals surface area contributed by atoms with E-state index >= 15 is 0 Å². The normalized spacial score (nSPS) is 15.1. The lowest BCUT2D eigenvalue weighted by Gasteiger charge is -2.32. The fourth-order valence-electron chi connectivity index (χ4n) is 3.05. The lowest BCUT2D eigenvalue weighted by Crippen LogP contribution is -2.41. The van der Waals surface area contributed by atoms with E-state index in [-0.39, 0.29) is 12.0 Å². The van der Waals surface area contributed by atoms with E-state index in [1.165, 1.54) is 0 Å². The molecule has 0 bridgehead atoms. The molecule has 8 nitrogen and oxygen atoms in total. The van der Waals surface area contributed by atoms with Gasteiger partial charge in [0.05, 0.1) is 19.8 Å². The zero-order chi connectivity index (χ0) is 19.1. The van der Waals surface area contributed by atoms with Crippen molar-refractivity contribution in [3.05, 3.63) is 41.5 Å². The number of rotatable bonds is 8. The minimum atomic E-state index is 0.0322. The zero-order valence-corrected chi connectivity index (χ0v) is 15.7. The van der Waals surface area contributed by atoms with Crippen LogP contribution in [-0.2, 0) is 22.5 Å². The lowest BCUT2D eigenvalue weighted by atomic mass is 10.1. The fraction of sp³-hybridized carbons (Fsp3) is 0.526. The minimum absolute atomic E-state index is 0.0322. The van der Waals surface area contributed by atoms with Crippen molar-refractivity contribution in [3.63, 3.8) is 0 Å². The Morgan fingerprint density at radius 3 is 2.85 bits per heavy atom. The van der Waals surface area contributed by atoms with Crippen molar-refractivity contribution in [2.24, 2.45) is 0 Å². The molecule has 27 heavy (non-hydrogen) atoms. The quantitative estimate of drug-likeness (QED) is 0.698. The van der Waals surface area contributed by atoms with E-state index < -0.39 is 0 Å². The second-order valence-electron chi connectivity index (χ2n) is 6.38. The molecule has 8 heteroatoms. The van der Waals surface area contributed by atoms with Gasteiger partial charge >= 0.3 is 0 Å². The summed E-state index contributed by atoms with van der Waals surface area (Å²) >= 11 is 0. The Kier molecular flexibility index (Phi) is 6.78.